The third-order valence-corrected chi connectivity index (χ3v) is 4.44. The fraction of sp³-hybridized carbons (Fsp3) is 0.923. The SMILES string of the molecule is CCNCC1CCN(C(=O)C(C)(C)NS(C)(=O)=O)CC1. The van der Waals surface area contributed by atoms with E-state index < -0.39 is 15.6 Å². The van der Waals surface area contributed by atoms with E-state index >= 15 is 0 Å². The van der Waals surface area contributed by atoms with Gasteiger partial charge in [-0.1, -0.05) is 6.92 Å². The summed E-state index contributed by atoms with van der Waals surface area (Å²) < 4.78 is 25.0. The van der Waals surface area contributed by atoms with Crippen molar-refractivity contribution in [2.75, 3.05) is 32.4 Å². The predicted molar refractivity (Wildman–Crippen MR) is 79.9 cm³/mol. The fourth-order valence-corrected chi connectivity index (χ4v) is 3.61. The van der Waals surface area contributed by atoms with Crippen LogP contribution in [0.5, 0.6) is 0 Å². The number of piperidine rings is 1. The smallest absolute Gasteiger partial charge is 0.243 e. The van der Waals surface area contributed by atoms with Crippen molar-refractivity contribution in [3.8, 4) is 0 Å². The highest BCUT2D eigenvalue weighted by molar-refractivity contribution is 7.88. The van der Waals surface area contributed by atoms with Crippen LogP contribution in [-0.4, -0.2) is 57.2 Å². The van der Waals surface area contributed by atoms with Gasteiger partial charge in [0.05, 0.1) is 6.26 Å². The van der Waals surface area contributed by atoms with E-state index in [-0.39, 0.29) is 5.91 Å². The molecule has 0 aromatic rings. The molecule has 0 saturated carbocycles. The molecule has 0 aromatic heterocycles. The lowest BCUT2D eigenvalue weighted by Gasteiger charge is -2.37. The Labute approximate surface area is 122 Å². The number of rotatable bonds is 6. The molecular formula is C13H27N3O3S. The zero-order valence-electron chi connectivity index (χ0n) is 12.9. The van der Waals surface area contributed by atoms with Gasteiger partial charge in [0.15, 0.2) is 0 Å². The van der Waals surface area contributed by atoms with Crippen LogP contribution >= 0.6 is 0 Å². The van der Waals surface area contributed by atoms with Crippen molar-refractivity contribution < 1.29 is 13.2 Å². The van der Waals surface area contributed by atoms with E-state index in [2.05, 4.69) is 17.0 Å². The number of amides is 1. The first kappa shape index (κ1) is 17.4. The first-order chi connectivity index (χ1) is 9.15. The number of nitrogens with one attached hydrogen (secondary N) is 2. The number of hydrogen-bond acceptors (Lipinski definition) is 4. The van der Waals surface area contributed by atoms with Crippen molar-refractivity contribution in [3.63, 3.8) is 0 Å². The molecule has 0 aliphatic carbocycles. The summed E-state index contributed by atoms with van der Waals surface area (Å²) >= 11 is 0. The number of likely N-dealkylation sites (tertiary alicyclic amines) is 1. The Hall–Kier alpha value is -0.660. The summed E-state index contributed by atoms with van der Waals surface area (Å²) in [5.74, 6) is 0.454. The summed E-state index contributed by atoms with van der Waals surface area (Å²) in [4.78, 5) is 14.2. The predicted octanol–water partition coefficient (Wildman–Crippen LogP) is 0.162. The summed E-state index contributed by atoms with van der Waals surface area (Å²) in [6.45, 7) is 8.65. The van der Waals surface area contributed by atoms with Crippen molar-refractivity contribution in [2.45, 2.75) is 39.2 Å². The number of sulfonamides is 1. The fourth-order valence-electron chi connectivity index (χ4n) is 2.59. The van der Waals surface area contributed by atoms with Crippen LogP contribution < -0.4 is 10.0 Å². The van der Waals surface area contributed by atoms with Crippen LogP contribution in [0.15, 0.2) is 0 Å². The third-order valence-electron chi connectivity index (χ3n) is 3.56. The standard InChI is InChI=1S/C13H27N3O3S/c1-5-14-10-11-6-8-16(9-7-11)12(17)13(2,3)15-20(4,18)19/h11,14-15H,5-10H2,1-4H3. The topological polar surface area (TPSA) is 78.5 Å². The third kappa shape index (κ3) is 5.38. The minimum atomic E-state index is -3.40. The van der Waals surface area contributed by atoms with Crippen LogP contribution in [0.4, 0.5) is 0 Å². The molecule has 2 N–H and O–H groups in total. The Kier molecular flexibility index (Phi) is 5.97. The van der Waals surface area contributed by atoms with Crippen molar-refractivity contribution in [1.29, 1.82) is 0 Å². The van der Waals surface area contributed by atoms with E-state index in [1.54, 1.807) is 18.7 Å². The average molecular weight is 305 g/mol. The van der Waals surface area contributed by atoms with Gasteiger partial charge in [-0.25, -0.2) is 13.1 Å². The molecule has 0 aromatic carbocycles. The highest BCUT2D eigenvalue weighted by Gasteiger charge is 2.35. The van der Waals surface area contributed by atoms with Crippen molar-refractivity contribution in [2.24, 2.45) is 5.92 Å². The van der Waals surface area contributed by atoms with Gasteiger partial charge in [-0.05, 0) is 45.7 Å². The van der Waals surface area contributed by atoms with Gasteiger partial charge in [-0.3, -0.25) is 4.79 Å². The largest absolute Gasteiger partial charge is 0.341 e. The van der Waals surface area contributed by atoms with Crippen LogP contribution in [0, 0.1) is 5.92 Å². The van der Waals surface area contributed by atoms with Crippen LogP contribution in [0.2, 0.25) is 0 Å². The molecule has 0 unspecified atom stereocenters. The van der Waals surface area contributed by atoms with Crippen LogP contribution in [0.3, 0.4) is 0 Å². The Morgan fingerprint density at radius 1 is 1.30 bits per heavy atom. The highest BCUT2D eigenvalue weighted by Crippen LogP contribution is 2.19. The molecule has 20 heavy (non-hydrogen) atoms. The number of carbonyl (C=O) groups excluding carboxylic acids is 1. The van der Waals surface area contributed by atoms with Gasteiger partial charge < -0.3 is 10.2 Å². The van der Waals surface area contributed by atoms with E-state index in [1.807, 2.05) is 0 Å². The minimum Gasteiger partial charge on any atom is -0.341 e. The zero-order valence-corrected chi connectivity index (χ0v) is 13.7. The quantitative estimate of drug-likeness (QED) is 0.733. The molecule has 0 atom stereocenters. The summed E-state index contributed by atoms with van der Waals surface area (Å²) in [5, 5.41) is 3.33. The second-order valence-electron chi connectivity index (χ2n) is 6.04. The number of nitrogens with zero attached hydrogens (tertiary/aromatic N) is 1. The molecule has 1 fully saturated rings. The molecule has 0 radical (unpaired) electrons. The summed E-state index contributed by atoms with van der Waals surface area (Å²) in [6.07, 6.45) is 3.01. The second kappa shape index (κ2) is 6.87. The molecule has 1 heterocycles. The lowest BCUT2D eigenvalue weighted by Crippen LogP contribution is -2.57. The Morgan fingerprint density at radius 3 is 2.30 bits per heavy atom. The molecule has 1 aliphatic rings. The zero-order chi connectivity index (χ0) is 15.4. The molecule has 1 saturated heterocycles. The second-order valence-corrected chi connectivity index (χ2v) is 7.79. The van der Waals surface area contributed by atoms with Crippen molar-refractivity contribution in [1.82, 2.24) is 14.9 Å². The van der Waals surface area contributed by atoms with Gasteiger partial charge in [0.2, 0.25) is 15.9 Å². The number of hydrogen-bond donors (Lipinski definition) is 2. The van der Waals surface area contributed by atoms with E-state index in [9.17, 15) is 13.2 Å². The molecule has 0 bridgehead atoms. The van der Waals surface area contributed by atoms with Gasteiger partial charge in [0, 0.05) is 13.1 Å². The summed E-state index contributed by atoms with van der Waals surface area (Å²) in [7, 11) is -3.40. The molecule has 1 amide bonds. The van der Waals surface area contributed by atoms with E-state index in [1.165, 1.54) is 0 Å². The van der Waals surface area contributed by atoms with Gasteiger partial charge in [-0.15, -0.1) is 0 Å². The first-order valence-corrected chi connectivity index (χ1v) is 9.04. The highest BCUT2D eigenvalue weighted by atomic mass is 32.2. The summed E-state index contributed by atoms with van der Waals surface area (Å²) in [6, 6.07) is 0. The monoisotopic (exact) mass is 305 g/mol. The lowest BCUT2D eigenvalue weighted by molar-refractivity contribution is -0.137. The molecule has 118 valence electrons. The minimum absolute atomic E-state index is 0.148. The van der Waals surface area contributed by atoms with E-state index in [4.69, 9.17) is 0 Å². The van der Waals surface area contributed by atoms with Crippen LogP contribution in [0.1, 0.15) is 33.6 Å². The molecule has 7 heteroatoms. The Morgan fingerprint density at radius 2 is 1.85 bits per heavy atom. The number of carbonyl (C=O) groups is 1. The molecule has 1 aliphatic heterocycles. The maximum Gasteiger partial charge on any atom is 0.243 e. The van der Waals surface area contributed by atoms with Gasteiger partial charge in [0.1, 0.15) is 5.54 Å². The van der Waals surface area contributed by atoms with Crippen LogP contribution in [0.25, 0.3) is 0 Å². The van der Waals surface area contributed by atoms with Gasteiger partial charge >= 0.3 is 0 Å². The van der Waals surface area contributed by atoms with Crippen LogP contribution in [-0.2, 0) is 14.8 Å². The Bertz CT molecular complexity index is 426. The van der Waals surface area contributed by atoms with Gasteiger partial charge in [0.25, 0.3) is 0 Å². The molecule has 1 rings (SSSR count). The van der Waals surface area contributed by atoms with E-state index in [0.29, 0.717) is 19.0 Å². The maximum absolute atomic E-state index is 12.4. The molecular weight excluding hydrogens is 278 g/mol. The molecule has 0 spiro atoms. The average Bonchev–Trinajstić information content (AvgIpc) is 2.33. The summed E-state index contributed by atoms with van der Waals surface area (Å²) in [5.41, 5.74) is -1.08. The lowest BCUT2D eigenvalue weighted by atomic mass is 9.95. The van der Waals surface area contributed by atoms with Crippen molar-refractivity contribution in [3.05, 3.63) is 0 Å². The van der Waals surface area contributed by atoms with E-state index in [0.717, 1.165) is 32.2 Å². The molecule has 6 nitrogen and oxygen atoms in total. The normalized spacial score (nSPS) is 18.3. The first-order valence-electron chi connectivity index (χ1n) is 7.14. The maximum atomic E-state index is 12.4. The Balaban J connectivity index is 2.54. The van der Waals surface area contributed by atoms with Gasteiger partial charge in [-0.2, -0.15) is 0 Å². The van der Waals surface area contributed by atoms with Crippen molar-refractivity contribution >= 4 is 15.9 Å².